The molecule has 0 aromatic heterocycles. The molecule has 1 saturated carbocycles. The Balaban J connectivity index is 1.80. The quantitative estimate of drug-likeness (QED) is 0.361. The summed E-state index contributed by atoms with van der Waals surface area (Å²) in [6.07, 6.45) is -1.41. The zero-order valence-electron chi connectivity index (χ0n) is 22.8. The van der Waals surface area contributed by atoms with Gasteiger partial charge in [-0.1, -0.05) is 32.9 Å². The van der Waals surface area contributed by atoms with Gasteiger partial charge in [-0.3, -0.25) is 0 Å². The molecular formula is C29H37F3N2O5. The predicted molar refractivity (Wildman–Crippen MR) is 141 cm³/mol. The molecule has 0 saturated heterocycles. The van der Waals surface area contributed by atoms with Crippen molar-refractivity contribution in [3.63, 3.8) is 0 Å². The van der Waals surface area contributed by atoms with Crippen molar-refractivity contribution in [3.05, 3.63) is 59.7 Å². The fourth-order valence-corrected chi connectivity index (χ4v) is 5.09. The minimum Gasteiger partial charge on any atom is -0.465 e. The normalized spacial score (nSPS) is 19.7. The number of aliphatic hydroxyl groups excluding tert-OH is 1. The van der Waals surface area contributed by atoms with Crippen LogP contribution in [0.15, 0.2) is 48.5 Å². The Kier molecular flexibility index (Phi) is 9.53. The molecule has 1 aliphatic carbocycles. The zero-order valence-corrected chi connectivity index (χ0v) is 22.8. The van der Waals surface area contributed by atoms with Crippen molar-refractivity contribution < 1.29 is 37.3 Å². The van der Waals surface area contributed by atoms with E-state index in [1.165, 1.54) is 19.2 Å². The topological polar surface area (TPSA) is 88.1 Å². The summed E-state index contributed by atoms with van der Waals surface area (Å²) in [5, 5.41) is 13.2. The molecule has 0 spiro atoms. The minimum atomic E-state index is -4.81. The molecule has 2 aromatic carbocycles. The van der Waals surface area contributed by atoms with E-state index in [0.717, 1.165) is 43.4 Å². The lowest BCUT2D eigenvalue weighted by Crippen LogP contribution is -2.47. The second-order valence-corrected chi connectivity index (χ2v) is 11.3. The number of halogens is 3. The van der Waals surface area contributed by atoms with Crippen molar-refractivity contribution in [2.45, 2.75) is 59.4 Å². The SMILES string of the molecule is COC(=O)c1ccc(CN(CC2(CO)CCC(C(C)(C)C)CC2)C(=O)Nc2ccc(OC(F)(F)F)cc2)cc1. The first-order valence-electron chi connectivity index (χ1n) is 12.9. The predicted octanol–water partition coefficient (Wildman–Crippen LogP) is 6.62. The van der Waals surface area contributed by atoms with E-state index < -0.39 is 29.5 Å². The smallest absolute Gasteiger partial charge is 0.465 e. The van der Waals surface area contributed by atoms with E-state index in [9.17, 15) is 27.9 Å². The maximum absolute atomic E-state index is 13.5. The van der Waals surface area contributed by atoms with Crippen molar-refractivity contribution in [1.29, 1.82) is 0 Å². The highest BCUT2D eigenvalue weighted by Gasteiger charge is 2.40. The molecule has 1 aliphatic rings. The second kappa shape index (κ2) is 12.3. The van der Waals surface area contributed by atoms with Crippen LogP contribution in [0, 0.1) is 16.7 Å². The van der Waals surface area contributed by atoms with Crippen LogP contribution in [0.25, 0.3) is 0 Å². The molecule has 39 heavy (non-hydrogen) atoms. The average Bonchev–Trinajstić information content (AvgIpc) is 2.88. The molecule has 0 unspecified atom stereocenters. The van der Waals surface area contributed by atoms with Crippen LogP contribution in [-0.4, -0.2) is 48.6 Å². The summed E-state index contributed by atoms with van der Waals surface area (Å²) < 4.78 is 46.1. The summed E-state index contributed by atoms with van der Waals surface area (Å²) in [6, 6.07) is 11.2. The number of amides is 2. The van der Waals surface area contributed by atoms with Crippen LogP contribution in [0.3, 0.4) is 0 Å². The first-order chi connectivity index (χ1) is 18.2. The summed E-state index contributed by atoms with van der Waals surface area (Å²) in [4.78, 5) is 26.9. The number of benzene rings is 2. The Hall–Kier alpha value is -3.27. The van der Waals surface area contributed by atoms with Gasteiger partial charge in [0.15, 0.2) is 0 Å². The number of nitrogens with one attached hydrogen (secondary N) is 1. The highest BCUT2D eigenvalue weighted by atomic mass is 19.4. The van der Waals surface area contributed by atoms with Gasteiger partial charge in [-0.25, -0.2) is 9.59 Å². The molecule has 0 aliphatic heterocycles. The monoisotopic (exact) mass is 550 g/mol. The number of carbonyl (C=O) groups is 2. The Labute approximate surface area is 227 Å². The Morgan fingerprint density at radius 2 is 1.62 bits per heavy atom. The number of hydrogen-bond donors (Lipinski definition) is 2. The number of aliphatic hydroxyl groups is 1. The van der Waals surface area contributed by atoms with Gasteiger partial charge in [0, 0.05) is 24.2 Å². The molecule has 10 heteroatoms. The van der Waals surface area contributed by atoms with Crippen LogP contribution in [0.4, 0.5) is 23.7 Å². The first kappa shape index (κ1) is 30.3. The first-order valence-corrected chi connectivity index (χ1v) is 12.9. The molecule has 1 fully saturated rings. The van der Waals surface area contributed by atoms with Gasteiger partial charge in [-0.15, -0.1) is 13.2 Å². The van der Waals surface area contributed by atoms with Crippen LogP contribution < -0.4 is 10.1 Å². The molecule has 0 bridgehead atoms. The van der Waals surface area contributed by atoms with Gasteiger partial charge in [-0.2, -0.15) is 0 Å². The Morgan fingerprint density at radius 1 is 1.03 bits per heavy atom. The largest absolute Gasteiger partial charge is 0.573 e. The van der Waals surface area contributed by atoms with Gasteiger partial charge in [0.2, 0.25) is 0 Å². The fourth-order valence-electron chi connectivity index (χ4n) is 5.09. The zero-order chi connectivity index (χ0) is 28.8. The molecule has 214 valence electrons. The third kappa shape index (κ3) is 8.61. The Morgan fingerprint density at radius 3 is 2.10 bits per heavy atom. The van der Waals surface area contributed by atoms with Crippen molar-refractivity contribution >= 4 is 17.7 Å². The molecule has 0 atom stereocenters. The summed E-state index contributed by atoms with van der Waals surface area (Å²) in [6.45, 7) is 7.07. The van der Waals surface area contributed by atoms with Crippen LogP contribution in [0.5, 0.6) is 5.75 Å². The molecule has 2 N–H and O–H groups in total. The molecule has 0 heterocycles. The number of rotatable bonds is 8. The minimum absolute atomic E-state index is 0.0710. The van der Waals surface area contributed by atoms with E-state index in [4.69, 9.17) is 4.74 Å². The van der Waals surface area contributed by atoms with E-state index >= 15 is 0 Å². The van der Waals surface area contributed by atoms with E-state index in [1.54, 1.807) is 29.2 Å². The number of hydrogen-bond acceptors (Lipinski definition) is 5. The van der Waals surface area contributed by atoms with Crippen molar-refractivity contribution in [2.24, 2.45) is 16.7 Å². The van der Waals surface area contributed by atoms with Gasteiger partial charge >= 0.3 is 18.4 Å². The summed E-state index contributed by atoms with van der Waals surface area (Å²) in [5.41, 5.74) is 1.13. The summed E-state index contributed by atoms with van der Waals surface area (Å²) in [5.74, 6) is -0.343. The van der Waals surface area contributed by atoms with Crippen molar-refractivity contribution in [2.75, 3.05) is 25.6 Å². The van der Waals surface area contributed by atoms with E-state index in [1.807, 2.05) is 0 Å². The van der Waals surface area contributed by atoms with Gasteiger partial charge in [-0.05, 0) is 79.0 Å². The maximum Gasteiger partial charge on any atom is 0.573 e. The molecular weight excluding hydrogens is 513 g/mol. The number of alkyl halides is 3. The van der Waals surface area contributed by atoms with Gasteiger partial charge < -0.3 is 24.8 Å². The molecule has 2 aromatic rings. The molecule has 0 radical (unpaired) electrons. The van der Waals surface area contributed by atoms with E-state index in [0.29, 0.717) is 23.7 Å². The lowest BCUT2D eigenvalue weighted by molar-refractivity contribution is -0.274. The number of carbonyl (C=O) groups excluding carboxylic acids is 2. The highest BCUT2D eigenvalue weighted by molar-refractivity contribution is 5.90. The van der Waals surface area contributed by atoms with Crippen LogP contribution in [0.1, 0.15) is 62.4 Å². The van der Waals surface area contributed by atoms with Gasteiger partial charge in [0.1, 0.15) is 5.75 Å². The molecule has 2 amide bonds. The fraction of sp³-hybridized carbons (Fsp3) is 0.517. The van der Waals surface area contributed by atoms with Crippen LogP contribution >= 0.6 is 0 Å². The lowest BCUT2D eigenvalue weighted by atomic mass is 9.64. The number of methoxy groups -OCH3 is 1. The number of anilines is 1. The Bertz CT molecular complexity index is 1100. The summed E-state index contributed by atoms with van der Waals surface area (Å²) >= 11 is 0. The number of nitrogens with zero attached hydrogens (tertiary/aromatic N) is 1. The van der Waals surface area contributed by atoms with Crippen molar-refractivity contribution in [3.8, 4) is 5.75 Å². The highest BCUT2D eigenvalue weighted by Crippen LogP contribution is 2.45. The standard InChI is InChI=1S/C29H37F3N2O5/c1-27(2,3)22-13-15-28(19-35,16-14-22)18-34(17-20-5-7-21(8-6-20)25(36)38-4)26(37)33-23-9-11-24(12-10-23)39-29(30,31)32/h5-12,22,35H,13-19H2,1-4H3,(H,33,37). The van der Waals surface area contributed by atoms with Gasteiger partial charge in [0.05, 0.1) is 19.3 Å². The number of urea groups is 1. The van der Waals surface area contributed by atoms with Crippen molar-refractivity contribution in [1.82, 2.24) is 4.90 Å². The second-order valence-electron chi connectivity index (χ2n) is 11.3. The molecule has 3 rings (SSSR count). The number of ether oxygens (including phenoxy) is 2. The maximum atomic E-state index is 13.5. The average molecular weight is 551 g/mol. The summed E-state index contributed by atoms with van der Waals surface area (Å²) in [7, 11) is 1.30. The van der Waals surface area contributed by atoms with Crippen LogP contribution in [-0.2, 0) is 11.3 Å². The van der Waals surface area contributed by atoms with E-state index in [2.05, 4.69) is 30.8 Å². The van der Waals surface area contributed by atoms with Crippen LogP contribution in [0.2, 0.25) is 0 Å². The lowest BCUT2D eigenvalue weighted by Gasteiger charge is -2.45. The van der Waals surface area contributed by atoms with Gasteiger partial charge in [0.25, 0.3) is 0 Å². The molecule has 7 nitrogen and oxygen atoms in total. The number of esters is 1. The van der Waals surface area contributed by atoms with E-state index in [-0.39, 0.29) is 18.6 Å². The third-order valence-corrected chi connectivity index (χ3v) is 7.51. The third-order valence-electron chi connectivity index (χ3n) is 7.51.